The molecule has 0 saturated heterocycles. The highest BCUT2D eigenvalue weighted by molar-refractivity contribution is 6.30. The molecule has 0 unspecified atom stereocenters. The Morgan fingerprint density at radius 3 is 2.66 bits per heavy atom. The van der Waals surface area contributed by atoms with Crippen molar-refractivity contribution in [2.45, 2.75) is 26.5 Å². The first-order valence-electron chi connectivity index (χ1n) is 9.08. The van der Waals surface area contributed by atoms with E-state index in [2.05, 4.69) is 5.10 Å². The van der Waals surface area contributed by atoms with Crippen molar-refractivity contribution in [2.75, 3.05) is 0 Å². The van der Waals surface area contributed by atoms with E-state index in [-0.39, 0.29) is 19.6 Å². The lowest BCUT2D eigenvalue weighted by molar-refractivity contribution is -0.145. The lowest BCUT2D eigenvalue weighted by Crippen LogP contribution is -2.17. The van der Waals surface area contributed by atoms with E-state index in [1.165, 1.54) is 4.57 Å². The number of aromatic nitrogens is 3. The molecule has 0 aliphatic carbocycles. The molecule has 0 saturated carbocycles. The first-order valence-corrected chi connectivity index (χ1v) is 9.46. The second-order valence-corrected chi connectivity index (χ2v) is 6.86. The number of carbonyl (C=O) groups excluding carboxylic acids is 1. The normalized spacial score (nSPS) is 11.1. The van der Waals surface area contributed by atoms with E-state index < -0.39 is 11.7 Å². The zero-order valence-electron chi connectivity index (χ0n) is 15.7. The largest absolute Gasteiger partial charge is 0.461 e. The van der Waals surface area contributed by atoms with E-state index in [0.717, 1.165) is 5.69 Å². The van der Waals surface area contributed by atoms with Crippen LogP contribution in [-0.4, -0.2) is 20.3 Å². The summed E-state index contributed by atoms with van der Waals surface area (Å²) < 4.78 is 13.6. The minimum atomic E-state index is -0.498. The minimum absolute atomic E-state index is 0.0113. The number of esters is 1. The molecule has 7 nitrogen and oxygen atoms in total. The minimum Gasteiger partial charge on any atom is -0.461 e. The van der Waals surface area contributed by atoms with Crippen LogP contribution >= 0.6 is 11.6 Å². The smallest absolute Gasteiger partial charge is 0.419 e. The number of aryl methyl sites for hydroxylation is 2. The maximum absolute atomic E-state index is 12.2. The van der Waals surface area contributed by atoms with Crippen LogP contribution in [0, 0.1) is 6.92 Å². The van der Waals surface area contributed by atoms with Crippen molar-refractivity contribution >= 4 is 28.7 Å². The van der Waals surface area contributed by atoms with Gasteiger partial charge in [0.15, 0.2) is 5.58 Å². The number of nitrogens with zero attached hydrogens (tertiary/aromatic N) is 3. The monoisotopic (exact) mass is 411 g/mol. The molecule has 8 heteroatoms. The van der Waals surface area contributed by atoms with Gasteiger partial charge in [-0.3, -0.25) is 9.36 Å². The highest BCUT2D eigenvalue weighted by Crippen LogP contribution is 2.24. The number of oxazole rings is 1. The maximum atomic E-state index is 12.2. The van der Waals surface area contributed by atoms with Gasteiger partial charge in [0, 0.05) is 12.1 Å². The fourth-order valence-corrected chi connectivity index (χ4v) is 3.42. The van der Waals surface area contributed by atoms with E-state index in [0.29, 0.717) is 27.5 Å². The molecule has 4 aromatic rings. The summed E-state index contributed by atoms with van der Waals surface area (Å²) in [5.74, 6) is -0.938. The summed E-state index contributed by atoms with van der Waals surface area (Å²) >= 11 is 6.44. The van der Waals surface area contributed by atoms with Gasteiger partial charge in [-0.2, -0.15) is 5.10 Å². The number of halogens is 1. The predicted molar refractivity (Wildman–Crippen MR) is 108 cm³/mol. The Labute approximate surface area is 171 Å². The Balaban J connectivity index is 1.42. The summed E-state index contributed by atoms with van der Waals surface area (Å²) in [6.07, 6.45) is 0.0346. The third-order valence-corrected chi connectivity index (χ3v) is 5.00. The first-order chi connectivity index (χ1) is 14.0. The van der Waals surface area contributed by atoms with Gasteiger partial charge < -0.3 is 9.15 Å². The van der Waals surface area contributed by atoms with Gasteiger partial charge in [0.25, 0.3) is 0 Å². The first kappa shape index (κ1) is 19.0. The molecule has 0 aliphatic heterocycles. The molecule has 2 aromatic carbocycles. The van der Waals surface area contributed by atoms with Crippen LogP contribution in [0.15, 0.2) is 63.8 Å². The summed E-state index contributed by atoms with van der Waals surface area (Å²) in [4.78, 5) is 24.2. The van der Waals surface area contributed by atoms with Gasteiger partial charge in [0.05, 0.1) is 23.3 Å². The fraction of sp³-hybridized carbons (Fsp3) is 0.190. The second kappa shape index (κ2) is 7.97. The summed E-state index contributed by atoms with van der Waals surface area (Å²) in [5, 5.41) is 4.83. The lowest BCUT2D eigenvalue weighted by atomic mass is 10.3. The van der Waals surface area contributed by atoms with E-state index in [4.69, 9.17) is 20.8 Å². The van der Waals surface area contributed by atoms with Crippen molar-refractivity contribution in [1.82, 2.24) is 14.3 Å². The fourth-order valence-electron chi connectivity index (χ4n) is 3.09. The van der Waals surface area contributed by atoms with Crippen molar-refractivity contribution in [2.24, 2.45) is 0 Å². The van der Waals surface area contributed by atoms with Gasteiger partial charge in [-0.25, -0.2) is 9.48 Å². The third kappa shape index (κ3) is 3.82. The van der Waals surface area contributed by atoms with Crippen LogP contribution < -0.4 is 5.76 Å². The van der Waals surface area contributed by atoms with Crippen LogP contribution in [0.5, 0.6) is 0 Å². The molecule has 148 valence electrons. The van der Waals surface area contributed by atoms with Crippen LogP contribution in [0.4, 0.5) is 0 Å². The Morgan fingerprint density at radius 2 is 1.86 bits per heavy atom. The van der Waals surface area contributed by atoms with E-state index in [1.54, 1.807) is 28.9 Å². The van der Waals surface area contributed by atoms with Crippen molar-refractivity contribution in [3.05, 3.63) is 81.6 Å². The van der Waals surface area contributed by atoms with Gasteiger partial charge in [-0.1, -0.05) is 41.9 Å². The predicted octanol–water partition coefficient (Wildman–Crippen LogP) is 3.88. The average molecular weight is 412 g/mol. The Morgan fingerprint density at radius 1 is 1.14 bits per heavy atom. The number of rotatable bonds is 6. The van der Waals surface area contributed by atoms with Crippen LogP contribution in [0.2, 0.25) is 5.15 Å². The number of hydrogen-bond donors (Lipinski definition) is 0. The topological polar surface area (TPSA) is 79.3 Å². The SMILES string of the molecule is Cc1nn(-c2ccccc2)c(Cl)c1COC(=O)CCn1c(=O)oc2ccccc21. The van der Waals surface area contributed by atoms with Gasteiger partial charge in [0.1, 0.15) is 11.8 Å². The standard InChI is InChI=1S/C21H18ClN3O4/c1-14-16(20(22)25(23-14)15-7-3-2-4-8-15)13-28-19(26)11-12-24-17-9-5-6-10-18(17)29-21(24)27/h2-10H,11-13H2,1H3. The second-order valence-electron chi connectivity index (χ2n) is 6.50. The Bertz CT molecular complexity index is 1220. The number of ether oxygens (including phenoxy) is 1. The molecule has 0 aliphatic rings. The van der Waals surface area contributed by atoms with Crippen LogP contribution in [-0.2, 0) is 22.7 Å². The van der Waals surface area contributed by atoms with Crippen LogP contribution in [0.1, 0.15) is 17.7 Å². The number of benzene rings is 2. The molecule has 0 bridgehead atoms. The highest BCUT2D eigenvalue weighted by Gasteiger charge is 2.17. The Hall–Kier alpha value is -3.32. The molecule has 2 aromatic heterocycles. The van der Waals surface area contributed by atoms with Crippen molar-refractivity contribution in [1.29, 1.82) is 0 Å². The zero-order valence-corrected chi connectivity index (χ0v) is 16.4. The molecule has 0 atom stereocenters. The van der Waals surface area contributed by atoms with E-state index in [9.17, 15) is 9.59 Å². The molecule has 0 spiro atoms. The van der Waals surface area contributed by atoms with Crippen LogP contribution in [0.3, 0.4) is 0 Å². The average Bonchev–Trinajstić information content (AvgIpc) is 3.20. The number of para-hydroxylation sites is 3. The van der Waals surface area contributed by atoms with Gasteiger partial charge in [0.2, 0.25) is 0 Å². The molecule has 0 radical (unpaired) electrons. The van der Waals surface area contributed by atoms with Crippen LogP contribution in [0.25, 0.3) is 16.8 Å². The summed E-state index contributed by atoms with van der Waals surface area (Å²) in [5.41, 5.74) is 3.29. The van der Waals surface area contributed by atoms with Crippen molar-refractivity contribution in [3.63, 3.8) is 0 Å². The molecule has 29 heavy (non-hydrogen) atoms. The maximum Gasteiger partial charge on any atom is 0.419 e. The summed E-state index contributed by atoms with van der Waals surface area (Å²) in [6.45, 7) is 1.99. The van der Waals surface area contributed by atoms with Crippen molar-refractivity contribution in [3.8, 4) is 5.69 Å². The molecular weight excluding hydrogens is 394 g/mol. The molecular formula is C21H18ClN3O4. The molecule has 0 fully saturated rings. The number of fused-ring (bicyclic) bond motifs is 1. The lowest BCUT2D eigenvalue weighted by Gasteiger charge is -2.06. The molecule has 2 heterocycles. The quantitative estimate of drug-likeness (QED) is 0.450. The third-order valence-electron chi connectivity index (χ3n) is 4.61. The van der Waals surface area contributed by atoms with E-state index >= 15 is 0 Å². The van der Waals surface area contributed by atoms with E-state index in [1.807, 2.05) is 37.3 Å². The zero-order chi connectivity index (χ0) is 20.4. The number of hydrogen-bond acceptors (Lipinski definition) is 5. The molecule has 4 rings (SSSR count). The van der Waals surface area contributed by atoms with Gasteiger partial charge in [-0.15, -0.1) is 0 Å². The molecule has 0 amide bonds. The van der Waals surface area contributed by atoms with Crippen molar-refractivity contribution < 1.29 is 13.9 Å². The molecule has 0 N–H and O–H groups in total. The summed E-state index contributed by atoms with van der Waals surface area (Å²) in [6, 6.07) is 16.5. The van der Waals surface area contributed by atoms with Gasteiger partial charge in [-0.05, 0) is 31.2 Å². The summed E-state index contributed by atoms with van der Waals surface area (Å²) in [7, 11) is 0. The highest BCUT2D eigenvalue weighted by atomic mass is 35.5. The van der Waals surface area contributed by atoms with Gasteiger partial charge >= 0.3 is 11.7 Å². The Kier molecular flexibility index (Phi) is 5.22. The number of carbonyl (C=O) groups is 1.